The minimum atomic E-state index is 0.431. The molecule has 2 aliphatic rings. The molecule has 4 nitrogen and oxygen atoms in total. The van der Waals surface area contributed by atoms with E-state index in [2.05, 4.69) is 22.3 Å². The fraction of sp³-hybridized carbons (Fsp3) is 0.545. The van der Waals surface area contributed by atoms with Crippen LogP contribution in [0.5, 0.6) is 0 Å². The van der Waals surface area contributed by atoms with Gasteiger partial charge in [0.1, 0.15) is 0 Å². The number of likely N-dealkylation sites (N-methyl/N-ethyl adjacent to an activating group) is 1. The fourth-order valence-corrected chi connectivity index (χ4v) is 2.09. The highest BCUT2D eigenvalue weighted by molar-refractivity contribution is 6.33. The molecule has 0 saturated carbocycles. The monoisotopic (exact) mass is 240 g/mol. The van der Waals surface area contributed by atoms with Crippen molar-refractivity contribution in [3.63, 3.8) is 0 Å². The van der Waals surface area contributed by atoms with Crippen molar-refractivity contribution < 1.29 is 0 Å². The molecular formula is C11H17ClN4. The number of nitrogens with one attached hydrogen (secondary N) is 2. The summed E-state index contributed by atoms with van der Waals surface area (Å²) in [5, 5.41) is 13.3. The first kappa shape index (κ1) is 11.5. The lowest BCUT2D eigenvalue weighted by molar-refractivity contribution is 0.412. The number of hydrazone groups is 1. The highest BCUT2D eigenvalue weighted by Crippen LogP contribution is 2.22. The van der Waals surface area contributed by atoms with Gasteiger partial charge in [0.2, 0.25) is 0 Å². The Morgan fingerprint density at radius 2 is 2.50 bits per heavy atom. The van der Waals surface area contributed by atoms with Gasteiger partial charge in [0.15, 0.2) is 0 Å². The summed E-state index contributed by atoms with van der Waals surface area (Å²) in [6.07, 6.45) is 4.11. The standard InChI is InChI=1S/C11H17ClN4/c1-8-11(12)10(7-14-16(8)2)15-9-4-3-5-13-6-9/h7,9,13,15H,1,3-6H2,2H3. The molecule has 1 unspecified atom stereocenters. The Labute approximate surface area is 101 Å². The van der Waals surface area contributed by atoms with Crippen LogP contribution in [0.15, 0.2) is 28.1 Å². The molecule has 0 aliphatic carbocycles. The van der Waals surface area contributed by atoms with E-state index in [1.165, 1.54) is 6.42 Å². The molecule has 0 spiro atoms. The second kappa shape index (κ2) is 4.89. The van der Waals surface area contributed by atoms with E-state index in [4.69, 9.17) is 11.6 Å². The molecule has 16 heavy (non-hydrogen) atoms. The maximum absolute atomic E-state index is 6.21. The summed E-state index contributed by atoms with van der Waals surface area (Å²) in [6.45, 7) is 5.97. The first-order valence-electron chi connectivity index (χ1n) is 5.52. The second-order valence-corrected chi connectivity index (χ2v) is 4.51. The molecule has 1 fully saturated rings. The van der Waals surface area contributed by atoms with Crippen molar-refractivity contribution in [1.29, 1.82) is 0 Å². The maximum atomic E-state index is 6.21. The molecule has 0 bridgehead atoms. The predicted octanol–water partition coefficient (Wildman–Crippen LogP) is 1.22. The van der Waals surface area contributed by atoms with Gasteiger partial charge in [0.25, 0.3) is 0 Å². The SMILES string of the molecule is C=C1C(Cl)=C(NC2CCCNC2)C=NN1C. The molecule has 0 amide bonds. The summed E-state index contributed by atoms with van der Waals surface area (Å²) >= 11 is 6.21. The topological polar surface area (TPSA) is 39.7 Å². The van der Waals surface area contributed by atoms with Crippen LogP contribution in [0.3, 0.4) is 0 Å². The van der Waals surface area contributed by atoms with Gasteiger partial charge >= 0.3 is 0 Å². The van der Waals surface area contributed by atoms with Crippen LogP contribution in [0, 0.1) is 0 Å². The first-order chi connectivity index (χ1) is 7.68. The third-order valence-corrected chi connectivity index (χ3v) is 3.32. The minimum Gasteiger partial charge on any atom is -0.378 e. The number of halogens is 1. The predicted molar refractivity (Wildman–Crippen MR) is 67.3 cm³/mol. The molecule has 2 N–H and O–H groups in total. The van der Waals surface area contributed by atoms with Gasteiger partial charge < -0.3 is 10.6 Å². The van der Waals surface area contributed by atoms with Crippen molar-refractivity contribution in [2.45, 2.75) is 18.9 Å². The van der Waals surface area contributed by atoms with Gasteiger partial charge in [0.05, 0.1) is 22.6 Å². The molecule has 2 aliphatic heterocycles. The van der Waals surface area contributed by atoms with Gasteiger partial charge in [-0.05, 0) is 19.4 Å². The van der Waals surface area contributed by atoms with Crippen LogP contribution in [0.4, 0.5) is 0 Å². The maximum Gasteiger partial charge on any atom is 0.0900 e. The zero-order valence-electron chi connectivity index (χ0n) is 9.46. The lowest BCUT2D eigenvalue weighted by atomic mass is 10.1. The van der Waals surface area contributed by atoms with Crippen LogP contribution in [0.2, 0.25) is 0 Å². The van der Waals surface area contributed by atoms with E-state index in [1.807, 2.05) is 7.05 Å². The van der Waals surface area contributed by atoms with Gasteiger partial charge in [-0.25, -0.2) is 0 Å². The summed E-state index contributed by atoms with van der Waals surface area (Å²) < 4.78 is 0. The van der Waals surface area contributed by atoms with E-state index in [1.54, 1.807) is 11.2 Å². The van der Waals surface area contributed by atoms with Crippen LogP contribution >= 0.6 is 11.6 Å². The molecule has 1 saturated heterocycles. The third kappa shape index (κ3) is 2.39. The van der Waals surface area contributed by atoms with Gasteiger partial charge in [-0.15, -0.1) is 0 Å². The number of hydrogen-bond donors (Lipinski definition) is 2. The van der Waals surface area contributed by atoms with Crippen molar-refractivity contribution in [2.24, 2.45) is 5.10 Å². The summed E-state index contributed by atoms with van der Waals surface area (Å²) in [7, 11) is 1.83. The zero-order valence-corrected chi connectivity index (χ0v) is 10.2. The van der Waals surface area contributed by atoms with Crippen molar-refractivity contribution in [3.05, 3.63) is 23.0 Å². The average Bonchev–Trinajstić information content (AvgIpc) is 2.31. The lowest BCUT2D eigenvalue weighted by Crippen LogP contribution is -2.43. The first-order valence-corrected chi connectivity index (χ1v) is 5.90. The zero-order chi connectivity index (χ0) is 11.5. The summed E-state index contributed by atoms with van der Waals surface area (Å²) in [5.41, 5.74) is 1.61. The van der Waals surface area contributed by atoms with Gasteiger partial charge in [-0.2, -0.15) is 5.10 Å². The molecule has 0 aromatic rings. The van der Waals surface area contributed by atoms with Gasteiger partial charge in [-0.3, -0.25) is 5.01 Å². The summed E-state index contributed by atoms with van der Waals surface area (Å²) in [4.78, 5) is 0. The second-order valence-electron chi connectivity index (χ2n) is 4.13. The van der Waals surface area contributed by atoms with E-state index >= 15 is 0 Å². The smallest absolute Gasteiger partial charge is 0.0900 e. The Balaban J connectivity index is 2.03. The van der Waals surface area contributed by atoms with Crippen LogP contribution in [-0.4, -0.2) is 37.4 Å². The molecule has 0 aromatic carbocycles. The van der Waals surface area contributed by atoms with Crippen molar-refractivity contribution in [1.82, 2.24) is 15.6 Å². The van der Waals surface area contributed by atoms with Crippen LogP contribution < -0.4 is 10.6 Å². The van der Waals surface area contributed by atoms with Crippen molar-refractivity contribution in [2.75, 3.05) is 20.1 Å². The summed E-state index contributed by atoms with van der Waals surface area (Å²) in [5.74, 6) is 0. The highest BCUT2D eigenvalue weighted by Gasteiger charge is 2.19. The summed E-state index contributed by atoms with van der Waals surface area (Å²) in [6, 6.07) is 0.431. The number of allylic oxidation sites excluding steroid dienone is 2. The van der Waals surface area contributed by atoms with Crippen LogP contribution in [-0.2, 0) is 0 Å². The number of rotatable bonds is 2. The molecule has 2 rings (SSSR count). The molecular weight excluding hydrogens is 224 g/mol. The Morgan fingerprint density at radius 1 is 1.69 bits per heavy atom. The quantitative estimate of drug-likeness (QED) is 0.763. The Morgan fingerprint density at radius 3 is 3.19 bits per heavy atom. The molecule has 88 valence electrons. The Kier molecular flexibility index (Phi) is 3.51. The number of hydrogen-bond acceptors (Lipinski definition) is 4. The molecule has 0 radical (unpaired) electrons. The van der Waals surface area contributed by atoms with Crippen molar-refractivity contribution >= 4 is 17.8 Å². The molecule has 5 heteroatoms. The van der Waals surface area contributed by atoms with Crippen LogP contribution in [0.1, 0.15) is 12.8 Å². The number of nitrogens with zero attached hydrogens (tertiary/aromatic N) is 2. The molecule has 0 aromatic heterocycles. The van der Waals surface area contributed by atoms with E-state index < -0.39 is 0 Å². The van der Waals surface area contributed by atoms with E-state index in [0.29, 0.717) is 11.1 Å². The van der Waals surface area contributed by atoms with E-state index in [0.717, 1.165) is 30.9 Å². The molecule has 2 heterocycles. The van der Waals surface area contributed by atoms with E-state index in [-0.39, 0.29) is 0 Å². The van der Waals surface area contributed by atoms with Gasteiger partial charge in [-0.1, -0.05) is 18.2 Å². The molecule has 1 atom stereocenters. The normalized spacial score (nSPS) is 26.2. The van der Waals surface area contributed by atoms with E-state index in [9.17, 15) is 0 Å². The fourth-order valence-electron chi connectivity index (χ4n) is 1.86. The largest absolute Gasteiger partial charge is 0.378 e. The van der Waals surface area contributed by atoms with Crippen molar-refractivity contribution in [3.8, 4) is 0 Å². The Bertz CT molecular complexity index is 342. The lowest BCUT2D eigenvalue weighted by Gasteiger charge is -2.28. The van der Waals surface area contributed by atoms with Crippen LogP contribution in [0.25, 0.3) is 0 Å². The minimum absolute atomic E-state index is 0.431. The highest BCUT2D eigenvalue weighted by atomic mass is 35.5. The van der Waals surface area contributed by atoms with Gasteiger partial charge in [0, 0.05) is 19.6 Å². The Hall–Kier alpha value is -1.00. The third-order valence-electron chi connectivity index (χ3n) is 2.90. The number of piperidine rings is 1. The average molecular weight is 241 g/mol.